The van der Waals surface area contributed by atoms with E-state index in [-0.39, 0.29) is 23.2 Å². The SMILES string of the molecule is CC(C)CN(C(=O)COc1cc(F)ccc1[N+](=O)[O-])[C@H]1CCS(=O)(=O)C1. The molecule has 144 valence electrons. The van der Waals surface area contributed by atoms with E-state index in [1.807, 2.05) is 13.8 Å². The highest BCUT2D eigenvalue weighted by Gasteiger charge is 2.35. The number of benzene rings is 1. The largest absolute Gasteiger partial charge is 0.477 e. The van der Waals surface area contributed by atoms with Crippen LogP contribution in [0.25, 0.3) is 0 Å². The molecule has 1 fully saturated rings. The smallest absolute Gasteiger partial charge is 0.311 e. The van der Waals surface area contributed by atoms with Crippen LogP contribution < -0.4 is 4.74 Å². The molecular formula is C16H21FN2O6S. The lowest BCUT2D eigenvalue weighted by atomic mass is 10.1. The number of hydrogen-bond acceptors (Lipinski definition) is 6. The van der Waals surface area contributed by atoms with Crippen LogP contribution in [0.4, 0.5) is 10.1 Å². The number of nitrogens with zero attached hydrogens (tertiary/aromatic N) is 2. The third kappa shape index (κ3) is 5.13. The van der Waals surface area contributed by atoms with E-state index in [0.717, 1.165) is 18.2 Å². The zero-order chi connectivity index (χ0) is 19.5. The minimum Gasteiger partial charge on any atom is -0.477 e. The number of nitro groups is 1. The maximum Gasteiger partial charge on any atom is 0.311 e. The maximum atomic E-state index is 13.3. The highest BCUT2D eigenvalue weighted by Crippen LogP contribution is 2.27. The molecule has 1 amide bonds. The Labute approximate surface area is 151 Å². The van der Waals surface area contributed by atoms with Gasteiger partial charge in [-0.1, -0.05) is 13.8 Å². The summed E-state index contributed by atoms with van der Waals surface area (Å²) in [6.45, 7) is 3.59. The second-order valence-electron chi connectivity index (χ2n) is 6.65. The summed E-state index contributed by atoms with van der Waals surface area (Å²) in [5, 5.41) is 11.0. The fraction of sp³-hybridized carbons (Fsp3) is 0.562. The van der Waals surface area contributed by atoms with E-state index in [2.05, 4.69) is 0 Å². The summed E-state index contributed by atoms with van der Waals surface area (Å²) in [6.07, 6.45) is 0.348. The molecule has 1 aromatic rings. The van der Waals surface area contributed by atoms with Gasteiger partial charge in [0, 0.05) is 24.7 Å². The van der Waals surface area contributed by atoms with Crippen molar-refractivity contribution in [1.82, 2.24) is 4.90 Å². The molecule has 8 nitrogen and oxygen atoms in total. The van der Waals surface area contributed by atoms with Crippen molar-refractivity contribution in [3.8, 4) is 5.75 Å². The molecule has 0 saturated carbocycles. The Balaban J connectivity index is 2.13. The van der Waals surface area contributed by atoms with E-state index < -0.39 is 44.8 Å². The molecule has 2 rings (SSSR count). The normalized spacial score (nSPS) is 18.7. The summed E-state index contributed by atoms with van der Waals surface area (Å²) in [4.78, 5) is 24.3. The van der Waals surface area contributed by atoms with Crippen LogP contribution in [0.2, 0.25) is 0 Å². The van der Waals surface area contributed by atoms with Crippen LogP contribution in [0.15, 0.2) is 18.2 Å². The summed E-state index contributed by atoms with van der Waals surface area (Å²) in [7, 11) is -3.17. The predicted octanol–water partition coefficient (Wildman–Crippen LogP) is 1.78. The molecule has 1 aliphatic rings. The number of rotatable bonds is 7. The van der Waals surface area contributed by atoms with Gasteiger partial charge in [-0.2, -0.15) is 0 Å². The lowest BCUT2D eigenvalue weighted by molar-refractivity contribution is -0.385. The predicted molar refractivity (Wildman–Crippen MR) is 92.2 cm³/mol. The summed E-state index contributed by atoms with van der Waals surface area (Å²) < 4.78 is 41.9. The summed E-state index contributed by atoms with van der Waals surface area (Å²) >= 11 is 0. The van der Waals surface area contributed by atoms with Gasteiger partial charge in [-0.25, -0.2) is 12.8 Å². The molecule has 26 heavy (non-hydrogen) atoms. The minimum absolute atomic E-state index is 0.0236. The molecule has 0 aromatic heterocycles. The zero-order valence-corrected chi connectivity index (χ0v) is 15.4. The number of ether oxygens (including phenoxy) is 1. The van der Waals surface area contributed by atoms with Crippen LogP contribution >= 0.6 is 0 Å². The molecule has 0 spiro atoms. The third-order valence-corrected chi connectivity index (χ3v) is 5.75. The monoisotopic (exact) mass is 388 g/mol. The van der Waals surface area contributed by atoms with Crippen LogP contribution in [-0.4, -0.2) is 54.8 Å². The fourth-order valence-electron chi connectivity index (χ4n) is 2.85. The van der Waals surface area contributed by atoms with Gasteiger partial charge < -0.3 is 9.64 Å². The van der Waals surface area contributed by atoms with Gasteiger partial charge in [-0.15, -0.1) is 0 Å². The van der Waals surface area contributed by atoms with Gasteiger partial charge in [0.15, 0.2) is 16.4 Å². The highest BCUT2D eigenvalue weighted by molar-refractivity contribution is 7.91. The molecule has 10 heteroatoms. The van der Waals surface area contributed by atoms with Gasteiger partial charge in [0.2, 0.25) is 5.75 Å². The average Bonchev–Trinajstić information content (AvgIpc) is 2.89. The van der Waals surface area contributed by atoms with Gasteiger partial charge in [-0.3, -0.25) is 14.9 Å². The molecule has 1 atom stereocenters. The van der Waals surface area contributed by atoms with Crippen molar-refractivity contribution >= 4 is 21.4 Å². The van der Waals surface area contributed by atoms with Crippen LogP contribution in [0.3, 0.4) is 0 Å². The molecule has 0 aliphatic carbocycles. The molecular weight excluding hydrogens is 367 g/mol. The number of nitro benzene ring substituents is 1. The van der Waals surface area contributed by atoms with E-state index in [4.69, 9.17) is 4.74 Å². The second-order valence-corrected chi connectivity index (χ2v) is 8.88. The number of amides is 1. The Morgan fingerprint density at radius 2 is 2.15 bits per heavy atom. The van der Waals surface area contributed by atoms with Crippen molar-refractivity contribution < 1.29 is 27.3 Å². The van der Waals surface area contributed by atoms with Crippen molar-refractivity contribution in [3.63, 3.8) is 0 Å². The fourth-order valence-corrected chi connectivity index (χ4v) is 4.58. The minimum atomic E-state index is -3.17. The Morgan fingerprint density at radius 1 is 1.46 bits per heavy atom. The van der Waals surface area contributed by atoms with Crippen molar-refractivity contribution in [2.45, 2.75) is 26.3 Å². The second kappa shape index (κ2) is 7.98. The van der Waals surface area contributed by atoms with Gasteiger partial charge in [0.1, 0.15) is 5.82 Å². The maximum absolute atomic E-state index is 13.3. The lowest BCUT2D eigenvalue weighted by Gasteiger charge is -2.29. The topological polar surface area (TPSA) is 107 Å². The summed E-state index contributed by atoms with van der Waals surface area (Å²) in [5.74, 6) is -1.53. The Morgan fingerprint density at radius 3 is 2.69 bits per heavy atom. The molecule has 0 bridgehead atoms. The quantitative estimate of drug-likeness (QED) is 0.521. The zero-order valence-electron chi connectivity index (χ0n) is 14.6. The molecule has 0 radical (unpaired) electrons. The van der Waals surface area contributed by atoms with Gasteiger partial charge in [0.05, 0.1) is 16.4 Å². The standard InChI is InChI=1S/C16H21FN2O6S/c1-11(2)8-18(13-5-6-26(23,24)10-13)16(20)9-25-15-7-12(17)3-4-14(15)19(21)22/h3-4,7,11,13H,5-6,8-10H2,1-2H3/t13-/m0/s1. The number of carbonyl (C=O) groups excluding carboxylic acids is 1. The van der Waals surface area contributed by atoms with Crippen LogP contribution in [0, 0.1) is 21.8 Å². The molecule has 0 N–H and O–H groups in total. The first-order valence-corrected chi connectivity index (χ1v) is 9.98. The van der Waals surface area contributed by atoms with Crippen LogP contribution in [-0.2, 0) is 14.6 Å². The van der Waals surface area contributed by atoms with Crippen molar-refractivity contribution in [1.29, 1.82) is 0 Å². The van der Waals surface area contributed by atoms with Crippen LogP contribution in [0.5, 0.6) is 5.75 Å². The van der Waals surface area contributed by atoms with Crippen molar-refractivity contribution in [2.75, 3.05) is 24.7 Å². The Kier molecular flexibility index (Phi) is 6.17. The van der Waals surface area contributed by atoms with Crippen LogP contribution in [0.1, 0.15) is 20.3 Å². The van der Waals surface area contributed by atoms with E-state index in [1.54, 1.807) is 0 Å². The van der Waals surface area contributed by atoms with E-state index >= 15 is 0 Å². The van der Waals surface area contributed by atoms with Gasteiger partial charge in [0.25, 0.3) is 5.91 Å². The number of carbonyl (C=O) groups is 1. The first kappa shape index (κ1) is 20.1. The molecule has 1 aromatic carbocycles. The molecule has 1 aliphatic heterocycles. The van der Waals surface area contributed by atoms with E-state index in [9.17, 15) is 27.7 Å². The summed E-state index contributed by atoms with van der Waals surface area (Å²) in [6, 6.07) is 2.30. The highest BCUT2D eigenvalue weighted by atomic mass is 32.2. The molecule has 0 unspecified atom stereocenters. The molecule has 1 saturated heterocycles. The van der Waals surface area contributed by atoms with Gasteiger partial charge >= 0.3 is 5.69 Å². The van der Waals surface area contributed by atoms with Crippen molar-refractivity contribution in [3.05, 3.63) is 34.1 Å². The lowest BCUT2D eigenvalue weighted by Crippen LogP contribution is -2.45. The van der Waals surface area contributed by atoms with E-state index in [0.29, 0.717) is 13.0 Å². The Bertz CT molecular complexity index is 796. The Hall–Kier alpha value is -2.23. The number of halogens is 1. The number of sulfone groups is 1. The first-order valence-electron chi connectivity index (χ1n) is 8.15. The molecule has 1 heterocycles. The first-order chi connectivity index (χ1) is 12.1. The average molecular weight is 388 g/mol. The van der Waals surface area contributed by atoms with E-state index in [1.165, 1.54) is 4.90 Å². The van der Waals surface area contributed by atoms with Gasteiger partial charge in [-0.05, 0) is 18.4 Å². The summed E-state index contributed by atoms with van der Waals surface area (Å²) in [5.41, 5.74) is -0.446. The van der Waals surface area contributed by atoms with Crippen molar-refractivity contribution in [2.24, 2.45) is 5.92 Å². The third-order valence-electron chi connectivity index (χ3n) is 4.00. The number of hydrogen-bond donors (Lipinski definition) is 0.